The Morgan fingerprint density at radius 3 is 2.71 bits per heavy atom. The molecule has 1 aromatic heterocycles. The quantitative estimate of drug-likeness (QED) is 0.925. The Morgan fingerprint density at radius 1 is 1.29 bits per heavy atom. The van der Waals surface area contributed by atoms with Crippen LogP contribution in [0.1, 0.15) is 12.7 Å². The van der Waals surface area contributed by atoms with Gasteiger partial charge in [0.25, 0.3) is 11.8 Å². The molecule has 3 rings (SSSR count). The molecule has 7 heteroatoms. The predicted molar refractivity (Wildman–Crippen MR) is 89.1 cm³/mol. The van der Waals surface area contributed by atoms with Gasteiger partial charge in [-0.25, -0.2) is 10.0 Å². The number of carbonyl (C=O) groups is 2. The van der Waals surface area contributed by atoms with E-state index >= 15 is 0 Å². The van der Waals surface area contributed by atoms with E-state index in [1.54, 1.807) is 44.5 Å². The maximum Gasteiger partial charge on any atom is 0.290 e. The molecule has 7 nitrogen and oxygen atoms in total. The molecule has 0 saturated heterocycles. The number of amides is 2. The fraction of sp³-hybridized carbons (Fsp3) is 0.235. The maximum absolute atomic E-state index is 12.6. The average molecular weight is 326 g/mol. The number of aliphatic imine (C=N–C) groups is 1. The number of amidine groups is 1. The monoisotopic (exact) mass is 326 g/mol. The Balaban J connectivity index is 1.78. The number of nitrogens with one attached hydrogen (secondary N) is 1. The zero-order chi connectivity index (χ0) is 17.1. The van der Waals surface area contributed by atoms with E-state index in [9.17, 15) is 9.59 Å². The summed E-state index contributed by atoms with van der Waals surface area (Å²) in [5.41, 5.74) is 3.48. The fourth-order valence-electron chi connectivity index (χ4n) is 2.39. The number of rotatable bonds is 4. The summed E-state index contributed by atoms with van der Waals surface area (Å²) in [7, 11) is 1.66. The number of para-hydroxylation sites is 1. The minimum atomic E-state index is -0.637. The minimum absolute atomic E-state index is 0.125. The van der Waals surface area contributed by atoms with Gasteiger partial charge < -0.3 is 9.32 Å². The summed E-state index contributed by atoms with van der Waals surface area (Å²) < 4.78 is 5.25. The molecule has 1 N–H and O–H groups in total. The third-order valence-corrected chi connectivity index (χ3v) is 3.66. The van der Waals surface area contributed by atoms with E-state index in [1.807, 2.05) is 18.2 Å². The van der Waals surface area contributed by atoms with Crippen LogP contribution in [0.5, 0.6) is 0 Å². The third-order valence-electron chi connectivity index (χ3n) is 3.66. The summed E-state index contributed by atoms with van der Waals surface area (Å²) in [5.74, 6) is 0.268. The van der Waals surface area contributed by atoms with Crippen molar-refractivity contribution >= 4 is 23.3 Å². The summed E-state index contributed by atoms with van der Waals surface area (Å²) in [6.45, 7) is 1.99. The summed E-state index contributed by atoms with van der Waals surface area (Å²) >= 11 is 0. The number of carbonyl (C=O) groups excluding carboxylic acids is 2. The second-order valence-electron chi connectivity index (χ2n) is 5.52. The second-order valence-corrected chi connectivity index (χ2v) is 5.52. The molecule has 1 aromatic carbocycles. The molecule has 24 heavy (non-hydrogen) atoms. The van der Waals surface area contributed by atoms with Crippen LogP contribution < -0.4 is 10.4 Å². The van der Waals surface area contributed by atoms with E-state index in [0.717, 1.165) is 0 Å². The smallest absolute Gasteiger partial charge is 0.290 e. The Bertz CT molecular complexity index is 755. The van der Waals surface area contributed by atoms with Crippen LogP contribution in [0.4, 0.5) is 5.69 Å². The van der Waals surface area contributed by atoms with Crippen LogP contribution in [0, 0.1) is 0 Å². The van der Waals surface area contributed by atoms with Crippen molar-refractivity contribution in [2.75, 3.05) is 12.1 Å². The van der Waals surface area contributed by atoms with Gasteiger partial charge in [-0.05, 0) is 31.2 Å². The zero-order valence-corrected chi connectivity index (χ0v) is 13.5. The number of nitrogens with zero attached hydrogens (tertiary/aromatic N) is 3. The van der Waals surface area contributed by atoms with Gasteiger partial charge in [0.05, 0.1) is 18.5 Å². The number of anilines is 1. The highest BCUT2D eigenvalue weighted by atomic mass is 16.3. The molecule has 2 aromatic rings. The number of hydrogen-bond donors (Lipinski definition) is 1. The number of likely N-dealkylation sites (N-methyl/N-ethyl adjacent to an activating group) is 1. The normalized spacial score (nSPS) is 17.2. The van der Waals surface area contributed by atoms with Crippen molar-refractivity contribution < 1.29 is 14.0 Å². The highest BCUT2D eigenvalue weighted by Gasteiger charge is 2.31. The highest BCUT2D eigenvalue weighted by Crippen LogP contribution is 2.16. The molecule has 0 saturated carbocycles. The molecule has 1 atom stereocenters. The highest BCUT2D eigenvalue weighted by molar-refractivity contribution is 6.39. The van der Waals surface area contributed by atoms with Gasteiger partial charge >= 0.3 is 0 Å². The molecule has 0 fully saturated rings. The van der Waals surface area contributed by atoms with Gasteiger partial charge in [-0.1, -0.05) is 18.2 Å². The van der Waals surface area contributed by atoms with E-state index in [2.05, 4.69) is 10.4 Å². The molecule has 124 valence electrons. The zero-order valence-electron chi connectivity index (χ0n) is 13.5. The number of furan rings is 1. The summed E-state index contributed by atoms with van der Waals surface area (Å²) in [4.78, 5) is 30.6. The first-order valence-corrected chi connectivity index (χ1v) is 7.57. The maximum atomic E-state index is 12.6. The molecule has 0 bridgehead atoms. The Morgan fingerprint density at radius 2 is 2.04 bits per heavy atom. The average Bonchev–Trinajstić information content (AvgIpc) is 3.10. The van der Waals surface area contributed by atoms with Crippen molar-refractivity contribution in [2.24, 2.45) is 4.99 Å². The minimum Gasteiger partial charge on any atom is -0.467 e. The molecule has 1 aliphatic heterocycles. The summed E-state index contributed by atoms with van der Waals surface area (Å²) in [5, 5.41) is 1.35. The van der Waals surface area contributed by atoms with E-state index < -0.39 is 6.04 Å². The summed E-state index contributed by atoms with van der Waals surface area (Å²) in [6, 6.07) is 12.0. The van der Waals surface area contributed by atoms with Gasteiger partial charge in [-0.2, -0.15) is 0 Å². The van der Waals surface area contributed by atoms with E-state index in [1.165, 1.54) is 9.91 Å². The van der Waals surface area contributed by atoms with Gasteiger partial charge in [0.15, 0.2) is 0 Å². The molecule has 2 heterocycles. The van der Waals surface area contributed by atoms with E-state index in [4.69, 9.17) is 4.42 Å². The van der Waals surface area contributed by atoms with Crippen molar-refractivity contribution in [3.05, 3.63) is 54.5 Å². The Kier molecular flexibility index (Phi) is 4.33. The van der Waals surface area contributed by atoms with Gasteiger partial charge in [0.2, 0.25) is 5.84 Å². The predicted octanol–water partition coefficient (Wildman–Crippen LogP) is 1.58. The van der Waals surface area contributed by atoms with Crippen LogP contribution in [0.3, 0.4) is 0 Å². The van der Waals surface area contributed by atoms with Crippen LogP contribution in [-0.4, -0.2) is 35.6 Å². The van der Waals surface area contributed by atoms with Gasteiger partial charge in [0.1, 0.15) is 11.8 Å². The first-order valence-electron chi connectivity index (χ1n) is 7.57. The summed E-state index contributed by atoms with van der Waals surface area (Å²) in [6.07, 6.45) is 1.56. The lowest BCUT2D eigenvalue weighted by Gasteiger charge is -2.31. The fourth-order valence-corrected chi connectivity index (χ4v) is 2.39. The molecular formula is C17H18N4O3. The number of hydrazine groups is 1. The van der Waals surface area contributed by atoms with Gasteiger partial charge in [-0.3, -0.25) is 15.0 Å². The Labute approximate surface area is 139 Å². The standard InChI is InChI=1S/C17H18N4O3/c1-12-16(22)21(13-7-4-3-5-8-13)19-15(18-12)17(23)20(2)11-14-9-6-10-24-14/h3-10,12H,11H2,1-2H3,(H,18,19)/t12-/m1/s1. The van der Waals surface area contributed by atoms with Crippen LogP contribution in [-0.2, 0) is 16.1 Å². The third kappa shape index (κ3) is 3.15. The molecule has 0 radical (unpaired) electrons. The van der Waals surface area contributed by atoms with Crippen molar-refractivity contribution in [3.63, 3.8) is 0 Å². The van der Waals surface area contributed by atoms with Crippen molar-refractivity contribution in [1.29, 1.82) is 0 Å². The number of benzene rings is 1. The van der Waals surface area contributed by atoms with Crippen LogP contribution in [0.2, 0.25) is 0 Å². The second kappa shape index (κ2) is 6.57. The SMILES string of the molecule is C[C@H]1N=C(C(=O)N(C)Cc2ccco2)NN(c2ccccc2)C1=O. The lowest BCUT2D eigenvalue weighted by atomic mass is 10.2. The topological polar surface area (TPSA) is 78.2 Å². The molecular weight excluding hydrogens is 308 g/mol. The lowest BCUT2D eigenvalue weighted by Crippen LogP contribution is -2.58. The van der Waals surface area contributed by atoms with Crippen molar-refractivity contribution in [2.45, 2.75) is 19.5 Å². The molecule has 0 spiro atoms. The van der Waals surface area contributed by atoms with Gasteiger partial charge in [0, 0.05) is 7.05 Å². The van der Waals surface area contributed by atoms with Crippen LogP contribution in [0.25, 0.3) is 0 Å². The van der Waals surface area contributed by atoms with E-state index in [0.29, 0.717) is 18.0 Å². The van der Waals surface area contributed by atoms with E-state index in [-0.39, 0.29) is 17.6 Å². The molecule has 1 aliphatic rings. The molecule has 2 amide bonds. The van der Waals surface area contributed by atoms with Gasteiger partial charge in [-0.15, -0.1) is 0 Å². The van der Waals surface area contributed by atoms with Crippen LogP contribution in [0.15, 0.2) is 58.1 Å². The number of hydrogen-bond acceptors (Lipinski definition) is 5. The van der Waals surface area contributed by atoms with Crippen molar-refractivity contribution in [3.8, 4) is 0 Å². The Hall–Kier alpha value is -3.09. The first-order chi connectivity index (χ1) is 11.6. The lowest BCUT2D eigenvalue weighted by molar-refractivity contribution is -0.124. The molecule has 0 aliphatic carbocycles. The van der Waals surface area contributed by atoms with Crippen LogP contribution >= 0.6 is 0 Å². The molecule has 0 unspecified atom stereocenters. The first kappa shape index (κ1) is 15.8. The largest absolute Gasteiger partial charge is 0.467 e. The van der Waals surface area contributed by atoms with Crippen molar-refractivity contribution in [1.82, 2.24) is 10.3 Å².